The van der Waals surface area contributed by atoms with Crippen molar-refractivity contribution in [1.29, 1.82) is 0 Å². The smallest absolute Gasteiger partial charge is 0.319 e. The zero-order valence-corrected chi connectivity index (χ0v) is 11.4. The molecular formula is C14H21N3O2. The van der Waals surface area contributed by atoms with Gasteiger partial charge in [-0.05, 0) is 37.6 Å². The summed E-state index contributed by atoms with van der Waals surface area (Å²) in [7, 11) is 1.59. The first-order chi connectivity index (χ1) is 9.20. The topological polar surface area (TPSA) is 62.4 Å². The van der Waals surface area contributed by atoms with Crippen molar-refractivity contribution in [3.8, 4) is 5.75 Å². The maximum Gasteiger partial charge on any atom is 0.319 e. The number of urea groups is 1. The van der Waals surface area contributed by atoms with Gasteiger partial charge in [0.25, 0.3) is 0 Å². The van der Waals surface area contributed by atoms with Crippen molar-refractivity contribution in [2.45, 2.75) is 19.4 Å². The Hall–Kier alpha value is -1.75. The first kappa shape index (κ1) is 13.7. The number of carbonyl (C=O) groups excluding carboxylic acids is 1. The van der Waals surface area contributed by atoms with Gasteiger partial charge in [-0.25, -0.2) is 4.79 Å². The lowest BCUT2D eigenvalue weighted by molar-refractivity contribution is 0.235. The fraction of sp³-hybridized carbons (Fsp3) is 0.500. The monoisotopic (exact) mass is 263 g/mol. The number of hydrogen-bond donors (Lipinski definition) is 3. The van der Waals surface area contributed by atoms with E-state index in [4.69, 9.17) is 4.74 Å². The molecule has 1 aliphatic heterocycles. The summed E-state index contributed by atoms with van der Waals surface area (Å²) >= 11 is 0. The molecule has 1 heterocycles. The zero-order valence-electron chi connectivity index (χ0n) is 11.4. The van der Waals surface area contributed by atoms with Crippen molar-refractivity contribution in [2.24, 2.45) is 5.92 Å². The van der Waals surface area contributed by atoms with E-state index in [9.17, 15) is 4.79 Å². The fourth-order valence-electron chi connectivity index (χ4n) is 2.30. The van der Waals surface area contributed by atoms with Crippen LogP contribution in [0.1, 0.15) is 13.3 Å². The molecule has 1 fully saturated rings. The van der Waals surface area contributed by atoms with Gasteiger partial charge < -0.3 is 20.7 Å². The summed E-state index contributed by atoms with van der Waals surface area (Å²) in [6.45, 7) is 4.03. The Balaban J connectivity index is 1.93. The van der Waals surface area contributed by atoms with Gasteiger partial charge in [-0.3, -0.25) is 0 Å². The highest BCUT2D eigenvalue weighted by Crippen LogP contribution is 2.23. The molecule has 19 heavy (non-hydrogen) atoms. The number of hydrogen-bond acceptors (Lipinski definition) is 3. The average Bonchev–Trinajstić information content (AvgIpc) is 2.42. The highest BCUT2D eigenvalue weighted by atomic mass is 16.5. The predicted molar refractivity (Wildman–Crippen MR) is 75.6 cm³/mol. The molecule has 1 saturated heterocycles. The summed E-state index contributed by atoms with van der Waals surface area (Å²) < 4.78 is 5.20. The van der Waals surface area contributed by atoms with Gasteiger partial charge in [-0.1, -0.05) is 19.1 Å². The van der Waals surface area contributed by atoms with E-state index in [0.717, 1.165) is 19.5 Å². The molecule has 5 nitrogen and oxygen atoms in total. The number of anilines is 1. The Kier molecular flexibility index (Phi) is 4.63. The summed E-state index contributed by atoms with van der Waals surface area (Å²) in [5.74, 6) is 1.10. The summed E-state index contributed by atoms with van der Waals surface area (Å²) in [6, 6.07) is 7.42. The minimum atomic E-state index is -0.178. The van der Waals surface area contributed by atoms with Crippen LogP contribution in [0.25, 0.3) is 0 Å². The maximum absolute atomic E-state index is 12.0. The first-order valence-electron chi connectivity index (χ1n) is 6.62. The zero-order chi connectivity index (χ0) is 13.7. The average molecular weight is 263 g/mol. The molecule has 2 atom stereocenters. The first-order valence-corrected chi connectivity index (χ1v) is 6.62. The van der Waals surface area contributed by atoms with E-state index in [0.29, 0.717) is 17.4 Å². The Bertz CT molecular complexity index is 436. The molecule has 0 saturated carbocycles. The van der Waals surface area contributed by atoms with Crippen LogP contribution >= 0.6 is 0 Å². The Morgan fingerprint density at radius 2 is 2.21 bits per heavy atom. The van der Waals surface area contributed by atoms with Crippen molar-refractivity contribution in [2.75, 3.05) is 25.5 Å². The van der Waals surface area contributed by atoms with Gasteiger partial charge in [-0.15, -0.1) is 0 Å². The van der Waals surface area contributed by atoms with Crippen LogP contribution < -0.4 is 20.7 Å². The molecule has 2 unspecified atom stereocenters. The fourth-order valence-corrected chi connectivity index (χ4v) is 2.30. The van der Waals surface area contributed by atoms with Crippen molar-refractivity contribution in [3.05, 3.63) is 24.3 Å². The number of benzene rings is 1. The molecule has 2 rings (SSSR count). The summed E-state index contributed by atoms with van der Waals surface area (Å²) in [6.07, 6.45) is 0.959. The highest BCUT2D eigenvalue weighted by molar-refractivity contribution is 5.91. The normalized spacial score (nSPS) is 22.6. The molecule has 0 radical (unpaired) electrons. The van der Waals surface area contributed by atoms with Gasteiger partial charge >= 0.3 is 6.03 Å². The summed E-state index contributed by atoms with van der Waals surface area (Å²) in [5, 5.41) is 9.17. The van der Waals surface area contributed by atoms with E-state index in [2.05, 4.69) is 22.9 Å². The summed E-state index contributed by atoms with van der Waals surface area (Å²) in [4.78, 5) is 12.0. The third kappa shape index (κ3) is 3.61. The predicted octanol–water partition coefficient (Wildman–Crippen LogP) is 1.81. The van der Waals surface area contributed by atoms with Crippen molar-refractivity contribution in [3.63, 3.8) is 0 Å². The van der Waals surface area contributed by atoms with Crippen molar-refractivity contribution in [1.82, 2.24) is 10.6 Å². The second-order valence-corrected chi connectivity index (χ2v) is 4.88. The SMILES string of the molecule is COc1ccccc1NC(=O)NC1CCNCC1C. The van der Waals surface area contributed by atoms with Gasteiger partial charge in [0.05, 0.1) is 12.8 Å². The van der Waals surface area contributed by atoms with Crippen molar-refractivity contribution >= 4 is 11.7 Å². The number of nitrogens with one attached hydrogen (secondary N) is 3. The molecular weight excluding hydrogens is 242 g/mol. The minimum Gasteiger partial charge on any atom is -0.495 e. The van der Waals surface area contributed by atoms with E-state index in [1.54, 1.807) is 7.11 Å². The van der Waals surface area contributed by atoms with Gasteiger partial charge in [0, 0.05) is 6.04 Å². The minimum absolute atomic E-state index is 0.178. The van der Waals surface area contributed by atoms with Gasteiger partial charge in [-0.2, -0.15) is 0 Å². The summed E-state index contributed by atoms with van der Waals surface area (Å²) in [5.41, 5.74) is 0.684. The van der Waals surface area contributed by atoms with E-state index >= 15 is 0 Å². The van der Waals surface area contributed by atoms with Gasteiger partial charge in [0.15, 0.2) is 0 Å². The van der Waals surface area contributed by atoms with Crippen LogP contribution in [0, 0.1) is 5.92 Å². The third-order valence-electron chi connectivity index (χ3n) is 3.46. The number of piperidine rings is 1. The van der Waals surface area contributed by atoms with Crippen molar-refractivity contribution < 1.29 is 9.53 Å². The molecule has 5 heteroatoms. The highest BCUT2D eigenvalue weighted by Gasteiger charge is 2.22. The quantitative estimate of drug-likeness (QED) is 0.779. The van der Waals surface area contributed by atoms with Gasteiger partial charge in [0.1, 0.15) is 5.75 Å². The van der Waals surface area contributed by atoms with Crippen LogP contribution in [-0.2, 0) is 0 Å². The molecule has 2 amide bonds. The van der Waals surface area contributed by atoms with Crippen LogP contribution in [0.5, 0.6) is 5.75 Å². The van der Waals surface area contributed by atoms with Crippen LogP contribution in [-0.4, -0.2) is 32.3 Å². The lowest BCUT2D eigenvalue weighted by Crippen LogP contribution is -2.49. The third-order valence-corrected chi connectivity index (χ3v) is 3.46. The lowest BCUT2D eigenvalue weighted by Gasteiger charge is -2.30. The number of rotatable bonds is 3. The second kappa shape index (κ2) is 6.43. The Labute approximate surface area is 113 Å². The van der Waals surface area contributed by atoms with Gasteiger partial charge in [0.2, 0.25) is 0 Å². The number of amides is 2. The van der Waals surface area contributed by atoms with E-state index in [-0.39, 0.29) is 12.1 Å². The second-order valence-electron chi connectivity index (χ2n) is 4.88. The number of methoxy groups -OCH3 is 1. The van der Waals surface area contributed by atoms with E-state index in [1.165, 1.54) is 0 Å². The Morgan fingerprint density at radius 1 is 1.42 bits per heavy atom. The molecule has 1 aromatic carbocycles. The number of ether oxygens (including phenoxy) is 1. The van der Waals surface area contributed by atoms with Crippen LogP contribution in [0.3, 0.4) is 0 Å². The van der Waals surface area contributed by atoms with E-state index < -0.39 is 0 Å². The molecule has 0 aromatic heterocycles. The lowest BCUT2D eigenvalue weighted by atomic mass is 9.95. The molecule has 104 valence electrons. The molecule has 3 N–H and O–H groups in total. The molecule has 1 aromatic rings. The standard InChI is InChI=1S/C14H21N3O2/c1-10-9-15-8-7-11(10)16-14(18)17-12-5-3-4-6-13(12)19-2/h3-6,10-11,15H,7-9H2,1-2H3,(H2,16,17,18). The maximum atomic E-state index is 12.0. The Morgan fingerprint density at radius 3 is 2.95 bits per heavy atom. The largest absolute Gasteiger partial charge is 0.495 e. The van der Waals surface area contributed by atoms with Crippen LogP contribution in [0.4, 0.5) is 10.5 Å². The molecule has 0 bridgehead atoms. The molecule has 1 aliphatic rings. The molecule has 0 spiro atoms. The van der Waals surface area contributed by atoms with Crippen LogP contribution in [0.15, 0.2) is 24.3 Å². The van der Waals surface area contributed by atoms with E-state index in [1.807, 2.05) is 24.3 Å². The number of para-hydroxylation sites is 2. The van der Waals surface area contributed by atoms with Crippen LogP contribution in [0.2, 0.25) is 0 Å². The number of carbonyl (C=O) groups is 1. The molecule has 0 aliphatic carbocycles.